The number of hydrogen-bond donors (Lipinski definition) is 1. The quantitative estimate of drug-likeness (QED) is 0.511. The normalized spacial score (nSPS) is 16.0. The summed E-state index contributed by atoms with van der Waals surface area (Å²) in [6.07, 6.45) is 4.45. The Bertz CT molecular complexity index is 98.5. The Kier molecular flexibility index (Phi) is 8.62. The number of nitrogens with one attached hydrogen (secondary N) is 1. The first-order valence-corrected chi connectivity index (χ1v) is 6.36. The van der Waals surface area contributed by atoms with Gasteiger partial charge in [-0.05, 0) is 45.2 Å². The first-order valence-electron chi connectivity index (χ1n) is 4.53. The molecule has 3 heteroatoms. The largest absolute Gasteiger partial charge is 0.314 e. The number of thioether (sulfide) groups is 1. The molecule has 0 aromatic carbocycles. The highest BCUT2D eigenvalue weighted by Gasteiger charge is 2.04. The lowest BCUT2D eigenvalue weighted by molar-refractivity contribution is 0.512. The highest BCUT2D eigenvalue weighted by molar-refractivity contribution is 7.98. The topological polar surface area (TPSA) is 12.0 Å². The predicted octanol–water partition coefficient (Wildman–Crippen LogP) is 2.74. The van der Waals surface area contributed by atoms with Gasteiger partial charge >= 0.3 is 0 Å². The summed E-state index contributed by atoms with van der Waals surface area (Å²) in [6, 6.07) is 0.555. The lowest BCUT2D eigenvalue weighted by atomic mass is 10.2. The standard InChI is InChI=1S/C9H20ClNS/c1-8(10)7-9(2)11-5-4-6-12-3/h8-9,11H,4-7H2,1-3H3. The molecule has 0 bridgehead atoms. The van der Waals surface area contributed by atoms with Crippen LogP contribution >= 0.6 is 23.4 Å². The van der Waals surface area contributed by atoms with Gasteiger partial charge in [-0.25, -0.2) is 0 Å². The third kappa shape index (κ3) is 8.69. The van der Waals surface area contributed by atoms with E-state index in [1.54, 1.807) is 0 Å². The average Bonchev–Trinajstić information content (AvgIpc) is 1.97. The fourth-order valence-electron chi connectivity index (χ4n) is 1.14. The molecule has 0 rings (SSSR count). The molecule has 0 heterocycles. The van der Waals surface area contributed by atoms with Crippen molar-refractivity contribution in [1.29, 1.82) is 0 Å². The molecule has 0 saturated heterocycles. The van der Waals surface area contributed by atoms with Crippen molar-refractivity contribution in [3.63, 3.8) is 0 Å². The van der Waals surface area contributed by atoms with Gasteiger partial charge in [-0.15, -0.1) is 11.6 Å². The summed E-state index contributed by atoms with van der Waals surface area (Å²) in [5.74, 6) is 1.25. The molecule has 0 spiro atoms. The first-order chi connectivity index (χ1) is 5.66. The van der Waals surface area contributed by atoms with Crippen molar-refractivity contribution in [2.24, 2.45) is 0 Å². The van der Waals surface area contributed by atoms with E-state index in [1.807, 2.05) is 18.7 Å². The molecule has 74 valence electrons. The number of hydrogen-bond acceptors (Lipinski definition) is 2. The van der Waals surface area contributed by atoms with Crippen molar-refractivity contribution in [3.05, 3.63) is 0 Å². The molecule has 2 unspecified atom stereocenters. The van der Waals surface area contributed by atoms with E-state index in [1.165, 1.54) is 12.2 Å². The van der Waals surface area contributed by atoms with Gasteiger partial charge in [0.25, 0.3) is 0 Å². The predicted molar refractivity (Wildman–Crippen MR) is 60.4 cm³/mol. The molecule has 12 heavy (non-hydrogen) atoms. The van der Waals surface area contributed by atoms with E-state index in [-0.39, 0.29) is 5.38 Å². The molecule has 0 saturated carbocycles. The molecule has 1 nitrogen and oxygen atoms in total. The van der Waals surface area contributed by atoms with Gasteiger partial charge in [0.15, 0.2) is 0 Å². The third-order valence-corrected chi connectivity index (χ3v) is 2.57. The number of rotatable bonds is 7. The zero-order valence-electron chi connectivity index (χ0n) is 8.27. The van der Waals surface area contributed by atoms with Crippen molar-refractivity contribution in [3.8, 4) is 0 Å². The fraction of sp³-hybridized carbons (Fsp3) is 1.00. The van der Waals surface area contributed by atoms with E-state index >= 15 is 0 Å². The van der Waals surface area contributed by atoms with Crippen LogP contribution in [0.1, 0.15) is 26.7 Å². The van der Waals surface area contributed by atoms with Crippen molar-refractivity contribution in [2.75, 3.05) is 18.6 Å². The second kappa shape index (κ2) is 8.21. The first kappa shape index (κ1) is 12.6. The molecule has 1 N–H and O–H groups in total. The number of alkyl halides is 1. The van der Waals surface area contributed by atoms with E-state index in [0.29, 0.717) is 6.04 Å². The van der Waals surface area contributed by atoms with E-state index < -0.39 is 0 Å². The van der Waals surface area contributed by atoms with Crippen molar-refractivity contribution >= 4 is 23.4 Å². The highest BCUT2D eigenvalue weighted by Crippen LogP contribution is 2.04. The van der Waals surface area contributed by atoms with Crippen LogP contribution in [0.3, 0.4) is 0 Å². The SMILES string of the molecule is CSCCCNC(C)CC(C)Cl. The Morgan fingerprint density at radius 1 is 1.42 bits per heavy atom. The Hall–Kier alpha value is 0.600. The summed E-state index contributed by atoms with van der Waals surface area (Å²) < 4.78 is 0. The van der Waals surface area contributed by atoms with Gasteiger partial charge in [0.05, 0.1) is 0 Å². The van der Waals surface area contributed by atoms with Crippen LogP contribution in [0, 0.1) is 0 Å². The van der Waals surface area contributed by atoms with Crippen LogP contribution in [0.15, 0.2) is 0 Å². The van der Waals surface area contributed by atoms with Gasteiger partial charge in [-0.2, -0.15) is 11.8 Å². The number of halogens is 1. The van der Waals surface area contributed by atoms with E-state index in [0.717, 1.165) is 13.0 Å². The fourth-order valence-corrected chi connectivity index (χ4v) is 1.84. The summed E-state index contributed by atoms with van der Waals surface area (Å²) in [5, 5.41) is 3.74. The molecule has 0 radical (unpaired) electrons. The second-order valence-electron chi connectivity index (χ2n) is 3.22. The molecular formula is C9H20ClNS. The van der Waals surface area contributed by atoms with Gasteiger partial charge in [-0.3, -0.25) is 0 Å². The lowest BCUT2D eigenvalue weighted by Crippen LogP contribution is -2.29. The average molecular weight is 210 g/mol. The summed E-state index contributed by atoms with van der Waals surface area (Å²) in [7, 11) is 0. The van der Waals surface area contributed by atoms with Crippen LogP contribution in [-0.4, -0.2) is 30.0 Å². The van der Waals surface area contributed by atoms with Crippen molar-refractivity contribution in [1.82, 2.24) is 5.32 Å². The maximum atomic E-state index is 5.87. The Morgan fingerprint density at radius 2 is 2.08 bits per heavy atom. The van der Waals surface area contributed by atoms with Crippen LogP contribution in [0.2, 0.25) is 0 Å². The zero-order chi connectivity index (χ0) is 9.40. The Labute approximate surface area is 85.6 Å². The Balaban J connectivity index is 3.14. The molecule has 2 atom stereocenters. The summed E-state index contributed by atoms with van der Waals surface area (Å²) in [6.45, 7) is 5.35. The van der Waals surface area contributed by atoms with Gasteiger partial charge < -0.3 is 5.32 Å². The maximum Gasteiger partial charge on any atom is 0.0322 e. The molecule has 0 aliphatic heterocycles. The third-order valence-electron chi connectivity index (χ3n) is 1.70. The van der Waals surface area contributed by atoms with Crippen LogP contribution in [0.4, 0.5) is 0 Å². The van der Waals surface area contributed by atoms with E-state index in [2.05, 4.69) is 18.5 Å². The summed E-state index contributed by atoms with van der Waals surface area (Å²) in [5.41, 5.74) is 0. The summed E-state index contributed by atoms with van der Waals surface area (Å²) >= 11 is 7.77. The van der Waals surface area contributed by atoms with Gasteiger partial charge in [0, 0.05) is 11.4 Å². The maximum absolute atomic E-state index is 5.87. The van der Waals surface area contributed by atoms with Gasteiger partial charge in [0.2, 0.25) is 0 Å². The van der Waals surface area contributed by atoms with E-state index in [4.69, 9.17) is 11.6 Å². The second-order valence-corrected chi connectivity index (χ2v) is 4.95. The molecule has 0 fully saturated rings. The van der Waals surface area contributed by atoms with Crippen molar-refractivity contribution in [2.45, 2.75) is 38.1 Å². The van der Waals surface area contributed by atoms with Gasteiger partial charge in [-0.1, -0.05) is 0 Å². The molecule has 0 aliphatic rings. The molecule has 0 amide bonds. The molecule has 0 aromatic heterocycles. The van der Waals surface area contributed by atoms with Gasteiger partial charge in [0.1, 0.15) is 0 Å². The lowest BCUT2D eigenvalue weighted by Gasteiger charge is -2.14. The molecule has 0 aromatic rings. The Morgan fingerprint density at radius 3 is 2.58 bits per heavy atom. The highest BCUT2D eigenvalue weighted by atomic mass is 35.5. The smallest absolute Gasteiger partial charge is 0.0322 e. The van der Waals surface area contributed by atoms with E-state index in [9.17, 15) is 0 Å². The monoisotopic (exact) mass is 209 g/mol. The molecule has 0 aliphatic carbocycles. The van der Waals surface area contributed by atoms with Crippen LogP contribution in [-0.2, 0) is 0 Å². The molecular weight excluding hydrogens is 190 g/mol. The summed E-state index contributed by atoms with van der Waals surface area (Å²) in [4.78, 5) is 0. The minimum Gasteiger partial charge on any atom is -0.314 e. The van der Waals surface area contributed by atoms with Crippen LogP contribution < -0.4 is 5.32 Å². The van der Waals surface area contributed by atoms with Crippen LogP contribution in [0.5, 0.6) is 0 Å². The minimum atomic E-state index is 0.285. The minimum absolute atomic E-state index is 0.285. The zero-order valence-corrected chi connectivity index (χ0v) is 9.84. The van der Waals surface area contributed by atoms with Crippen molar-refractivity contribution < 1.29 is 0 Å². The van der Waals surface area contributed by atoms with Crippen LogP contribution in [0.25, 0.3) is 0 Å².